The minimum Gasteiger partial charge on any atom is -0.459 e. The number of furan rings is 1. The van der Waals surface area contributed by atoms with Crippen molar-refractivity contribution < 1.29 is 14.1 Å². The molecule has 0 fully saturated rings. The van der Waals surface area contributed by atoms with Crippen LogP contribution in [0.3, 0.4) is 0 Å². The number of hydrogen-bond donors (Lipinski definition) is 1. The van der Waals surface area contributed by atoms with E-state index in [0.717, 1.165) is 11.0 Å². The van der Waals surface area contributed by atoms with Crippen molar-refractivity contribution in [2.24, 2.45) is 0 Å². The maximum absolute atomic E-state index is 13.0. The Balaban J connectivity index is 1.68. The predicted octanol–water partition coefficient (Wildman–Crippen LogP) is 4.05. The summed E-state index contributed by atoms with van der Waals surface area (Å²) in [6.45, 7) is 1.85. The van der Waals surface area contributed by atoms with E-state index in [4.69, 9.17) is 4.42 Å². The summed E-state index contributed by atoms with van der Waals surface area (Å²) in [6.07, 6.45) is 0. The number of para-hydroxylation sites is 1. The van der Waals surface area contributed by atoms with Crippen LogP contribution in [0.2, 0.25) is 0 Å². The number of carbonyl (C=O) groups excluding carboxylic acids is 1. The molecule has 2 aromatic carbocycles. The van der Waals surface area contributed by atoms with E-state index in [1.807, 2.05) is 37.3 Å². The summed E-state index contributed by atoms with van der Waals surface area (Å²) >= 11 is 0. The monoisotopic (exact) mass is 364 g/mol. The number of hydrogen-bond acceptors (Lipinski definition) is 5. The van der Waals surface area contributed by atoms with E-state index in [1.165, 1.54) is 17.0 Å². The lowest BCUT2D eigenvalue weighted by molar-refractivity contribution is -0.384. The lowest BCUT2D eigenvalue weighted by atomic mass is 10.1. The van der Waals surface area contributed by atoms with E-state index in [2.05, 4.69) is 10.2 Å². The zero-order chi connectivity index (χ0) is 19.1. The second kappa shape index (κ2) is 6.24. The molecular formula is C19H16N4O4. The number of nitro benzene ring substituents is 1. The molecule has 2 aromatic heterocycles. The zero-order valence-electron chi connectivity index (χ0n) is 14.7. The fourth-order valence-electron chi connectivity index (χ4n) is 3.02. The molecule has 0 radical (unpaired) electrons. The smallest absolute Gasteiger partial charge is 0.275 e. The molecule has 0 saturated heterocycles. The number of nitrogens with one attached hydrogen (secondary N) is 1. The quantitative estimate of drug-likeness (QED) is 0.434. The Morgan fingerprint density at radius 2 is 2.04 bits per heavy atom. The molecule has 1 atom stereocenters. The van der Waals surface area contributed by atoms with Crippen LogP contribution in [0.25, 0.3) is 21.9 Å². The number of aromatic amines is 1. The van der Waals surface area contributed by atoms with Gasteiger partial charge in [-0.15, -0.1) is 0 Å². The van der Waals surface area contributed by atoms with Crippen molar-refractivity contribution in [2.75, 3.05) is 7.05 Å². The molecule has 0 aliphatic carbocycles. The van der Waals surface area contributed by atoms with Gasteiger partial charge in [0.15, 0.2) is 5.69 Å². The van der Waals surface area contributed by atoms with Crippen LogP contribution < -0.4 is 0 Å². The standard InChI is InChI=1S/C19H16N4O4/c1-11(17-9-12-5-3-4-6-16(12)27-17)22(2)19(24)18-14-10-13(23(25)26)7-8-15(14)20-21-18/h3-11H,1-2H3,(H,20,21). The highest BCUT2D eigenvalue weighted by molar-refractivity contribution is 6.05. The normalized spacial score (nSPS) is 12.4. The van der Waals surface area contributed by atoms with E-state index < -0.39 is 4.92 Å². The third-order valence-corrected chi connectivity index (χ3v) is 4.72. The van der Waals surface area contributed by atoms with Crippen molar-refractivity contribution in [1.29, 1.82) is 0 Å². The number of carbonyl (C=O) groups is 1. The molecule has 136 valence electrons. The first kappa shape index (κ1) is 16.8. The Kier molecular flexibility index (Phi) is 3.88. The average Bonchev–Trinajstić information content (AvgIpc) is 3.29. The van der Waals surface area contributed by atoms with Crippen LogP contribution >= 0.6 is 0 Å². The van der Waals surface area contributed by atoms with Gasteiger partial charge in [0.05, 0.1) is 16.5 Å². The number of fused-ring (bicyclic) bond motifs is 2. The molecule has 8 nitrogen and oxygen atoms in total. The Hall–Kier alpha value is -3.68. The van der Waals surface area contributed by atoms with Gasteiger partial charge in [0.2, 0.25) is 0 Å². The van der Waals surface area contributed by atoms with Crippen LogP contribution in [-0.2, 0) is 0 Å². The lowest BCUT2D eigenvalue weighted by Gasteiger charge is -2.22. The maximum Gasteiger partial charge on any atom is 0.275 e. The highest BCUT2D eigenvalue weighted by Crippen LogP contribution is 2.29. The summed E-state index contributed by atoms with van der Waals surface area (Å²) in [5.41, 5.74) is 1.36. The minimum atomic E-state index is -0.499. The van der Waals surface area contributed by atoms with Crippen molar-refractivity contribution in [3.63, 3.8) is 0 Å². The van der Waals surface area contributed by atoms with Crippen LogP contribution in [0.15, 0.2) is 52.9 Å². The second-order valence-corrected chi connectivity index (χ2v) is 6.34. The van der Waals surface area contributed by atoms with Crippen LogP contribution in [0.5, 0.6) is 0 Å². The van der Waals surface area contributed by atoms with Gasteiger partial charge in [0, 0.05) is 30.0 Å². The average molecular weight is 364 g/mol. The minimum absolute atomic E-state index is 0.0917. The van der Waals surface area contributed by atoms with Crippen molar-refractivity contribution in [1.82, 2.24) is 15.1 Å². The van der Waals surface area contributed by atoms with Crippen molar-refractivity contribution >= 4 is 33.5 Å². The van der Waals surface area contributed by atoms with E-state index in [-0.39, 0.29) is 23.3 Å². The third-order valence-electron chi connectivity index (χ3n) is 4.72. The van der Waals surface area contributed by atoms with Gasteiger partial charge in [-0.3, -0.25) is 20.0 Å². The van der Waals surface area contributed by atoms with Crippen LogP contribution in [0, 0.1) is 10.1 Å². The summed E-state index contributed by atoms with van der Waals surface area (Å²) in [5, 5.41) is 19.2. The number of aromatic nitrogens is 2. The fourth-order valence-corrected chi connectivity index (χ4v) is 3.02. The molecule has 0 saturated carbocycles. The molecule has 0 bridgehead atoms. The van der Waals surface area contributed by atoms with E-state index in [0.29, 0.717) is 16.7 Å². The summed E-state index contributed by atoms with van der Waals surface area (Å²) < 4.78 is 5.85. The summed E-state index contributed by atoms with van der Waals surface area (Å²) in [4.78, 5) is 25.0. The number of benzene rings is 2. The third kappa shape index (κ3) is 2.80. The van der Waals surface area contributed by atoms with Gasteiger partial charge in [-0.25, -0.2) is 0 Å². The molecule has 1 amide bonds. The Morgan fingerprint density at radius 1 is 1.26 bits per heavy atom. The molecule has 0 aliphatic heterocycles. The first-order chi connectivity index (χ1) is 13.0. The van der Waals surface area contributed by atoms with Gasteiger partial charge in [-0.05, 0) is 25.1 Å². The number of nitro groups is 1. The zero-order valence-corrected chi connectivity index (χ0v) is 14.7. The van der Waals surface area contributed by atoms with Gasteiger partial charge < -0.3 is 9.32 Å². The van der Waals surface area contributed by atoms with Crippen molar-refractivity contribution in [3.8, 4) is 0 Å². The number of amides is 1. The first-order valence-electron chi connectivity index (χ1n) is 8.34. The topological polar surface area (TPSA) is 105 Å². The van der Waals surface area contributed by atoms with Crippen LogP contribution in [-0.4, -0.2) is 33.0 Å². The van der Waals surface area contributed by atoms with Gasteiger partial charge in [0.1, 0.15) is 11.3 Å². The molecule has 4 rings (SSSR count). The predicted molar refractivity (Wildman–Crippen MR) is 99.5 cm³/mol. The van der Waals surface area contributed by atoms with Gasteiger partial charge in [-0.1, -0.05) is 18.2 Å². The number of rotatable bonds is 4. The molecule has 8 heteroatoms. The SMILES string of the molecule is CC(c1cc2ccccc2o1)N(C)C(=O)c1n[nH]c2ccc([N+](=O)[O-])cc12. The van der Waals surface area contributed by atoms with Crippen LogP contribution in [0.1, 0.15) is 29.2 Å². The molecule has 0 aliphatic rings. The maximum atomic E-state index is 13.0. The van der Waals surface area contributed by atoms with Gasteiger partial charge >= 0.3 is 0 Å². The molecule has 4 aromatic rings. The Morgan fingerprint density at radius 3 is 2.78 bits per heavy atom. The molecule has 2 heterocycles. The number of H-pyrrole nitrogens is 1. The molecule has 1 unspecified atom stereocenters. The first-order valence-corrected chi connectivity index (χ1v) is 8.34. The fraction of sp³-hybridized carbons (Fsp3) is 0.158. The Labute approximate surface area is 153 Å². The Bertz CT molecular complexity index is 1140. The van der Waals surface area contributed by atoms with E-state index >= 15 is 0 Å². The highest BCUT2D eigenvalue weighted by atomic mass is 16.6. The summed E-state index contributed by atoms with van der Waals surface area (Å²) in [5.74, 6) is 0.299. The van der Waals surface area contributed by atoms with E-state index in [9.17, 15) is 14.9 Å². The molecule has 27 heavy (non-hydrogen) atoms. The molecule has 0 spiro atoms. The van der Waals surface area contributed by atoms with Crippen LogP contribution in [0.4, 0.5) is 5.69 Å². The lowest BCUT2D eigenvalue weighted by Crippen LogP contribution is -2.29. The highest BCUT2D eigenvalue weighted by Gasteiger charge is 2.26. The number of non-ortho nitro benzene ring substituents is 1. The summed E-state index contributed by atoms with van der Waals surface area (Å²) in [6, 6.07) is 13.4. The number of nitrogens with zero attached hydrogens (tertiary/aromatic N) is 3. The van der Waals surface area contributed by atoms with Gasteiger partial charge in [-0.2, -0.15) is 5.10 Å². The van der Waals surface area contributed by atoms with Crippen molar-refractivity contribution in [2.45, 2.75) is 13.0 Å². The summed E-state index contributed by atoms with van der Waals surface area (Å²) in [7, 11) is 1.65. The molecule has 1 N–H and O–H groups in total. The van der Waals surface area contributed by atoms with E-state index in [1.54, 1.807) is 13.1 Å². The largest absolute Gasteiger partial charge is 0.459 e. The van der Waals surface area contributed by atoms with Crippen molar-refractivity contribution in [3.05, 3.63) is 70.1 Å². The second-order valence-electron chi connectivity index (χ2n) is 6.34. The van der Waals surface area contributed by atoms with Gasteiger partial charge in [0.25, 0.3) is 11.6 Å². The molecular weight excluding hydrogens is 348 g/mol.